The first-order chi connectivity index (χ1) is 9.28. The number of pyridine rings is 1. The number of rotatable bonds is 2. The molecule has 0 radical (unpaired) electrons. The maximum Gasteiger partial charge on any atom is 0.253 e. The molecular weight excluding hydrogens is 246 g/mol. The van der Waals surface area contributed by atoms with Crippen LogP contribution < -0.4 is 4.90 Å². The average molecular weight is 259 g/mol. The van der Waals surface area contributed by atoms with Crippen LogP contribution in [0.4, 0.5) is 11.5 Å². The Kier molecular flexibility index (Phi) is 3.08. The van der Waals surface area contributed by atoms with Gasteiger partial charge in [0.05, 0.1) is 24.2 Å². The van der Waals surface area contributed by atoms with Crippen LogP contribution in [0.3, 0.4) is 0 Å². The molecule has 98 valence electrons. The monoisotopic (exact) mass is 259 g/mol. The number of morpholine rings is 1. The molecule has 6 nitrogen and oxygen atoms in total. The van der Waals surface area contributed by atoms with E-state index in [2.05, 4.69) is 9.98 Å². The molecule has 19 heavy (non-hydrogen) atoms. The molecule has 0 spiro atoms. The van der Waals surface area contributed by atoms with Crippen LogP contribution in [0.25, 0.3) is 0 Å². The predicted molar refractivity (Wildman–Crippen MR) is 68.9 cm³/mol. The molecule has 3 heterocycles. The summed E-state index contributed by atoms with van der Waals surface area (Å²) in [6, 6.07) is 1.93. The second-order valence-corrected chi connectivity index (χ2v) is 4.50. The largest absolute Gasteiger partial charge is 0.370 e. The van der Waals surface area contributed by atoms with Gasteiger partial charge < -0.3 is 9.64 Å². The lowest BCUT2D eigenvalue weighted by atomic mass is 10.0. The number of aromatic nitrogens is 1. The van der Waals surface area contributed by atoms with Crippen LogP contribution in [0.2, 0.25) is 0 Å². The van der Waals surface area contributed by atoms with Crippen molar-refractivity contribution in [3.8, 4) is 0 Å². The Balaban J connectivity index is 1.92. The number of carbonyl (C=O) groups excluding carboxylic acids is 2. The van der Waals surface area contributed by atoms with Crippen molar-refractivity contribution in [3.63, 3.8) is 0 Å². The predicted octanol–water partition coefficient (Wildman–Crippen LogP) is 0.662. The van der Waals surface area contributed by atoms with Gasteiger partial charge in [-0.3, -0.25) is 9.59 Å². The Labute approximate surface area is 110 Å². The summed E-state index contributed by atoms with van der Waals surface area (Å²) in [7, 11) is 0. The quantitative estimate of drug-likeness (QED) is 0.731. The first kappa shape index (κ1) is 12.0. The van der Waals surface area contributed by atoms with Gasteiger partial charge in [0, 0.05) is 6.54 Å². The number of nitrogens with zero attached hydrogens (tertiary/aromatic N) is 3. The zero-order valence-corrected chi connectivity index (χ0v) is 10.3. The Bertz CT molecular complexity index is 568. The second-order valence-electron chi connectivity index (χ2n) is 4.50. The third-order valence-electron chi connectivity index (χ3n) is 3.26. The summed E-state index contributed by atoms with van der Waals surface area (Å²) in [5.74, 6) is 0.527. The molecule has 0 atom stereocenters. The van der Waals surface area contributed by atoms with E-state index in [1.54, 1.807) is 11.1 Å². The van der Waals surface area contributed by atoms with Crippen molar-refractivity contribution in [2.24, 2.45) is 4.99 Å². The first-order valence-electron chi connectivity index (χ1n) is 6.17. The number of carbonyl (C=O) groups is 2. The Morgan fingerprint density at radius 3 is 3.05 bits per heavy atom. The second kappa shape index (κ2) is 4.89. The Morgan fingerprint density at radius 1 is 1.37 bits per heavy atom. The highest BCUT2D eigenvalue weighted by Gasteiger charge is 2.22. The third-order valence-corrected chi connectivity index (χ3v) is 3.26. The van der Waals surface area contributed by atoms with Gasteiger partial charge in [0.1, 0.15) is 6.61 Å². The van der Waals surface area contributed by atoms with Crippen molar-refractivity contribution in [1.82, 2.24) is 4.98 Å². The van der Waals surface area contributed by atoms with Crippen molar-refractivity contribution in [2.75, 3.05) is 24.7 Å². The van der Waals surface area contributed by atoms with Crippen LogP contribution in [-0.4, -0.2) is 42.6 Å². The maximum atomic E-state index is 11.8. The van der Waals surface area contributed by atoms with E-state index in [0.29, 0.717) is 31.1 Å². The number of amides is 1. The summed E-state index contributed by atoms with van der Waals surface area (Å²) in [6.07, 6.45) is 3.74. The maximum absolute atomic E-state index is 11.8. The summed E-state index contributed by atoms with van der Waals surface area (Å²) in [6.45, 7) is 1.20. The number of aliphatic imine (C=N–C) groups is 1. The number of aryl methyl sites for hydroxylation is 1. The van der Waals surface area contributed by atoms with Gasteiger partial charge in [-0.1, -0.05) is 0 Å². The molecule has 6 heteroatoms. The van der Waals surface area contributed by atoms with Crippen molar-refractivity contribution in [1.29, 1.82) is 0 Å². The Morgan fingerprint density at radius 2 is 2.26 bits per heavy atom. The molecule has 0 aliphatic carbocycles. The fourth-order valence-corrected chi connectivity index (χ4v) is 2.25. The van der Waals surface area contributed by atoms with E-state index >= 15 is 0 Å². The van der Waals surface area contributed by atoms with E-state index in [0.717, 1.165) is 24.0 Å². The van der Waals surface area contributed by atoms with Crippen molar-refractivity contribution in [3.05, 3.63) is 17.8 Å². The van der Waals surface area contributed by atoms with Gasteiger partial charge in [0.15, 0.2) is 12.1 Å². The highest BCUT2D eigenvalue weighted by atomic mass is 16.5. The normalized spacial score (nSPS) is 18.8. The average Bonchev–Trinajstić information content (AvgIpc) is 2.46. The molecule has 0 unspecified atom stereocenters. The molecule has 1 saturated heterocycles. The highest BCUT2D eigenvalue weighted by Crippen LogP contribution is 2.27. The minimum Gasteiger partial charge on any atom is -0.370 e. The molecule has 1 aromatic heterocycles. The van der Waals surface area contributed by atoms with E-state index in [-0.39, 0.29) is 12.5 Å². The van der Waals surface area contributed by atoms with Crippen molar-refractivity contribution >= 4 is 29.4 Å². The topological polar surface area (TPSA) is 71.9 Å². The fourth-order valence-electron chi connectivity index (χ4n) is 2.25. The number of ether oxygens (including phenoxy) is 1. The van der Waals surface area contributed by atoms with Gasteiger partial charge in [-0.2, -0.15) is 0 Å². The molecule has 2 aliphatic rings. The van der Waals surface area contributed by atoms with Gasteiger partial charge in [0.2, 0.25) is 0 Å². The smallest absolute Gasteiger partial charge is 0.253 e. The highest BCUT2D eigenvalue weighted by molar-refractivity contribution is 6.29. The summed E-state index contributed by atoms with van der Waals surface area (Å²) >= 11 is 0. The molecule has 0 aromatic carbocycles. The SMILES string of the molecule is O=CC1=Nc2ncc(N3CCOCC3=O)cc2CC1. The van der Waals surface area contributed by atoms with Crippen molar-refractivity contribution in [2.45, 2.75) is 12.8 Å². The molecule has 3 rings (SSSR count). The zero-order valence-electron chi connectivity index (χ0n) is 10.3. The van der Waals surface area contributed by atoms with Gasteiger partial charge in [-0.15, -0.1) is 0 Å². The summed E-state index contributed by atoms with van der Waals surface area (Å²) in [4.78, 5) is 32.6. The molecule has 2 aliphatic heterocycles. The summed E-state index contributed by atoms with van der Waals surface area (Å²) in [5, 5.41) is 0. The number of aldehydes is 1. The van der Waals surface area contributed by atoms with E-state index < -0.39 is 0 Å². The van der Waals surface area contributed by atoms with Crippen LogP contribution in [0.1, 0.15) is 12.0 Å². The number of anilines is 1. The first-order valence-corrected chi connectivity index (χ1v) is 6.17. The van der Waals surface area contributed by atoms with E-state index in [4.69, 9.17) is 4.74 Å². The minimum absolute atomic E-state index is 0.0547. The fraction of sp³-hybridized carbons (Fsp3) is 0.385. The number of hydrogen-bond donors (Lipinski definition) is 0. The van der Waals surface area contributed by atoms with Gasteiger partial charge in [0.25, 0.3) is 5.91 Å². The van der Waals surface area contributed by atoms with Crippen LogP contribution >= 0.6 is 0 Å². The van der Waals surface area contributed by atoms with Crippen LogP contribution in [0.15, 0.2) is 17.3 Å². The molecule has 0 N–H and O–H groups in total. The molecule has 1 aromatic rings. The van der Waals surface area contributed by atoms with Gasteiger partial charge in [-0.25, -0.2) is 9.98 Å². The third kappa shape index (κ3) is 2.26. The van der Waals surface area contributed by atoms with Gasteiger partial charge in [-0.05, 0) is 24.5 Å². The molecular formula is C13H13N3O3. The van der Waals surface area contributed by atoms with Crippen molar-refractivity contribution < 1.29 is 14.3 Å². The number of fused-ring (bicyclic) bond motifs is 1. The lowest BCUT2D eigenvalue weighted by molar-refractivity contribution is -0.125. The molecule has 1 amide bonds. The van der Waals surface area contributed by atoms with E-state index in [1.807, 2.05) is 6.07 Å². The van der Waals surface area contributed by atoms with Crippen LogP contribution in [-0.2, 0) is 20.7 Å². The molecule has 0 bridgehead atoms. The standard InChI is InChI=1S/C13H13N3O3/c17-7-10-2-1-9-5-11(6-14-13(9)15-10)16-3-4-19-8-12(16)18/h5-7H,1-4,8H2. The Hall–Kier alpha value is -2.08. The minimum atomic E-state index is -0.0547. The summed E-state index contributed by atoms with van der Waals surface area (Å²) in [5.41, 5.74) is 2.27. The molecule has 0 saturated carbocycles. The number of hydrogen-bond acceptors (Lipinski definition) is 5. The molecule has 1 fully saturated rings. The van der Waals surface area contributed by atoms with E-state index in [9.17, 15) is 9.59 Å². The lowest BCUT2D eigenvalue weighted by Crippen LogP contribution is -2.41. The zero-order chi connectivity index (χ0) is 13.2. The summed E-state index contributed by atoms with van der Waals surface area (Å²) < 4.78 is 5.10. The van der Waals surface area contributed by atoms with Crippen LogP contribution in [0, 0.1) is 0 Å². The lowest BCUT2D eigenvalue weighted by Gasteiger charge is -2.27. The van der Waals surface area contributed by atoms with Crippen LogP contribution in [0.5, 0.6) is 0 Å². The van der Waals surface area contributed by atoms with E-state index in [1.165, 1.54) is 0 Å². The van der Waals surface area contributed by atoms with Gasteiger partial charge >= 0.3 is 0 Å².